The van der Waals surface area contributed by atoms with Crippen LogP contribution in [0.1, 0.15) is 19.4 Å². The minimum Gasteiger partial charge on any atom is -0.340 e. The summed E-state index contributed by atoms with van der Waals surface area (Å²) in [6.45, 7) is 4.64. The molecule has 0 bridgehead atoms. The lowest BCUT2D eigenvalue weighted by Crippen LogP contribution is -2.35. The molecule has 4 heteroatoms. The zero-order valence-electron chi connectivity index (χ0n) is 9.85. The van der Waals surface area contributed by atoms with E-state index in [1.807, 2.05) is 33.0 Å². The molecule has 1 atom stereocenters. The molecule has 1 amide bonds. The molecule has 0 spiro atoms. The summed E-state index contributed by atoms with van der Waals surface area (Å²) in [5.41, 5.74) is 1.04. The van der Waals surface area contributed by atoms with Crippen molar-refractivity contribution in [3.05, 3.63) is 30.1 Å². The first-order valence-corrected chi connectivity index (χ1v) is 6.22. The SMILES string of the molecule is CC(C)C(Br)C(=O)N(C)Cc1cccnc1. The van der Waals surface area contributed by atoms with E-state index < -0.39 is 0 Å². The third-order valence-electron chi connectivity index (χ3n) is 2.34. The molecule has 0 saturated heterocycles. The standard InChI is InChI=1S/C12H17BrN2O/c1-9(2)11(13)12(16)15(3)8-10-5-4-6-14-7-10/h4-7,9,11H,8H2,1-3H3. The minimum atomic E-state index is -0.117. The lowest BCUT2D eigenvalue weighted by Gasteiger charge is -2.22. The number of hydrogen-bond acceptors (Lipinski definition) is 2. The van der Waals surface area contributed by atoms with E-state index in [-0.39, 0.29) is 10.7 Å². The van der Waals surface area contributed by atoms with Crippen LogP contribution >= 0.6 is 15.9 Å². The molecular weight excluding hydrogens is 268 g/mol. The lowest BCUT2D eigenvalue weighted by atomic mass is 10.1. The number of carbonyl (C=O) groups excluding carboxylic acids is 1. The number of halogens is 1. The molecule has 0 N–H and O–H groups in total. The number of nitrogens with zero attached hydrogens (tertiary/aromatic N) is 2. The molecule has 88 valence electrons. The highest BCUT2D eigenvalue weighted by Crippen LogP contribution is 2.15. The number of amides is 1. The van der Waals surface area contributed by atoms with E-state index in [2.05, 4.69) is 20.9 Å². The highest BCUT2D eigenvalue weighted by molar-refractivity contribution is 9.10. The average Bonchev–Trinajstić information content (AvgIpc) is 2.28. The van der Waals surface area contributed by atoms with Crippen LogP contribution in [0.2, 0.25) is 0 Å². The molecule has 3 nitrogen and oxygen atoms in total. The van der Waals surface area contributed by atoms with Gasteiger partial charge in [-0.1, -0.05) is 35.8 Å². The van der Waals surface area contributed by atoms with Crippen molar-refractivity contribution in [2.45, 2.75) is 25.2 Å². The Kier molecular flexibility index (Phi) is 4.93. The van der Waals surface area contributed by atoms with E-state index in [0.29, 0.717) is 12.5 Å². The molecule has 16 heavy (non-hydrogen) atoms. The summed E-state index contributed by atoms with van der Waals surface area (Å²) in [7, 11) is 1.81. The van der Waals surface area contributed by atoms with Gasteiger partial charge in [0.1, 0.15) is 0 Å². The molecule has 0 aliphatic carbocycles. The number of alkyl halides is 1. The number of pyridine rings is 1. The van der Waals surface area contributed by atoms with Gasteiger partial charge in [-0.2, -0.15) is 0 Å². The molecule has 0 aromatic carbocycles. The molecule has 0 saturated carbocycles. The Hall–Kier alpha value is -0.900. The maximum atomic E-state index is 11.9. The second kappa shape index (κ2) is 5.99. The Balaban J connectivity index is 2.59. The summed E-state index contributed by atoms with van der Waals surface area (Å²) >= 11 is 3.41. The zero-order chi connectivity index (χ0) is 12.1. The molecular formula is C12H17BrN2O. The maximum absolute atomic E-state index is 11.9. The first-order chi connectivity index (χ1) is 7.52. The van der Waals surface area contributed by atoms with Gasteiger partial charge in [-0.25, -0.2) is 0 Å². The first kappa shape index (κ1) is 13.2. The van der Waals surface area contributed by atoms with Crippen LogP contribution in [0, 0.1) is 5.92 Å². The van der Waals surface area contributed by atoms with E-state index >= 15 is 0 Å². The quantitative estimate of drug-likeness (QED) is 0.796. The fourth-order valence-electron chi connectivity index (χ4n) is 1.34. The first-order valence-electron chi connectivity index (χ1n) is 5.30. The monoisotopic (exact) mass is 284 g/mol. The van der Waals surface area contributed by atoms with Crippen molar-refractivity contribution in [1.29, 1.82) is 0 Å². The Morgan fingerprint density at radius 1 is 1.56 bits per heavy atom. The Labute approximate surface area is 105 Å². The topological polar surface area (TPSA) is 33.2 Å². The summed E-state index contributed by atoms with van der Waals surface area (Å²) < 4.78 is 0. The molecule has 0 fully saturated rings. The average molecular weight is 285 g/mol. The van der Waals surface area contributed by atoms with E-state index in [9.17, 15) is 4.79 Å². The van der Waals surface area contributed by atoms with Crippen LogP contribution in [0.4, 0.5) is 0 Å². The second-order valence-electron chi connectivity index (χ2n) is 4.20. The van der Waals surface area contributed by atoms with Crippen molar-refractivity contribution in [1.82, 2.24) is 9.88 Å². The normalized spacial score (nSPS) is 12.6. The third-order valence-corrected chi connectivity index (χ3v) is 3.79. The van der Waals surface area contributed by atoms with E-state index in [1.54, 1.807) is 17.3 Å². The third kappa shape index (κ3) is 3.59. The van der Waals surface area contributed by atoms with Gasteiger partial charge in [0.25, 0.3) is 0 Å². The minimum absolute atomic E-state index is 0.110. The van der Waals surface area contributed by atoms with Crippen LogP contribution in [-0.2, 0) is 11.3 Å². The number of aromatic nitrogens is 1. The second-order valence-corrected chi connectivity index (χ2v) is 5.19. The van der Waals surface area contributed by atoms with Gasteiger partial charge in [0.2, 0.25) is 5.91 Å². The Morgan fingerprint density at radius 2 is 2.25 bits per heavy atom. The van der Waals surface area contributed by atoms with Crippen molar-refractivity contribution in [3.8, 4) is 0 Å². The Bertz CT molecular complexity index is 340. The molecule has 0 aliphatic heterocycles. The van der Waals surface area contributed by atoms with Crippen LogP contribution < -0.4 is 0 Å². The van der Waals surface area contributed by atoms with Gasteiger partial charge < -0.3 is 4.90 Å². The number of hydrogen-bond donors (Lipinski definition) is 0. The number of rotatable bonds is 4. The van der Waals surface area contributed by atoms with Crippen LogP contribution in [0.3, 0.4) is 0 Å². The van der Waals surface area contributed by atoms with Crippen molar-refractivity contribution in [2.75, 3.05) is 7.05 Å². The summed E-state index contributed by atoms with van der Waals surface area (Å²) in [6, 6.07) is 3.84. The van der Waals surface area contributed by atoms with Gasteiger partial charge in [0.05, 0.1) is 4.83 Å². The van der Waals surface area contributed by atoms with Crippen LogP contribution in [0.25, 0.3) is 0 Å². The smallest absolute Gasteiger partial charge is 0.236 e. The van der Waals surface area contributed by atoms with E-state index in [0.717, 1.165) is 5.56 Å². The Morgan fingerprint density at radius 3 is 2.75 bits per heavy atom. The lowest BCUT2D eigenvalue weighted by molar-refractivity contribution is -0.130. The summed E-state index contributed by atoms with van der Waals surface area (Å²) in [5, 5.41) is 0. The predicted molar refractivity (Wildman–Crippen MR) is 68.3 cm³/mol. The fraction of sp³-hybridized carbons (Fsp3) is 0.500. The van der Waals surface area contributed by atoms with Gasteiger partial charge >= 0.3 is 0 Å². The van der Waals surface area contributed by atoms with E-state index in [1.165, 1.54) is 0 Å². The van der Waals surface area contributed by atoms with Gasteiger partial charge in [0, 0.05) is 26.0 Å². The zero-order valence-corrected chi connectivity index (χ0v) is 11.4. The molecule has 0 aliphatic rings. The molecule has 0 radical (unpaired) electrons. The van der Waals surface area contributed by atoms with Crippen LogP contribution in [0.15, 0.2) is 24.5 Å². The predicted octanol–water partition coefficient (Wildman–Crippen LogP) is 2.46. The highest BCUT2D eigenvalue weighted by Gasteiger charge is 2.22. The van der Waals surface area contributed by atoms with Crippen LogP contribution in [0.5, 0.6) is 0 Å². The summed E-state index contributed by atoms with van der Waals surface area (Å²) in [5.74, 6) is 0.405. The molecule has 1 unspecified atom stereocenters. The highest BCUT2D eigenvalue weighted by atomic mass is 79.9. The molecule has 1 aromatic heterocycles. The van der Waals surface area contributed by atoms with Gasteiger partial charge in [-0.15, -0.1) is 0 Å². The van der Waals surface area contributed by atoms with Gasteiger partial charge in [0.15, 0.2) is 0 Å². The maximum Gasteiger partial charge on any atom is 0.236 e. The van der Waals surface area contributed by atoms with Crippen LogP contribution in [-0.4, -0.2) is 27.7 Å². The molecule has 1 rings (SSSR count). The van der Waals surface area contributed by atoms with Gasteiger partial charge in [-0.05, 0) is 17.5 Å². The van der Waals surface area contributed by atoms with Crippen molar-refractivity contribution >= 4 is 21.8 Å². The number of carbonyl (C=O) groups is 1. The van der Waals surface area contributed by atoms with Crippen molar-refractivity contribution in [2.24, 2.45) is 5.92 Å². The van der Waals surface area contributed by atoms with Gasteiger partial charge in [-0.3, -0.25) is 9.78 Å². The molecule has 1 heterocycles. The fourth-order valence-corrected chi connectivity index (χ4v) is 1.69. The molecule has 1 aromatic rings. The van der Waals surface area contributed by atoms with Crippen molar-refractivity contribution in [3.63, 3.8) is 0 Å². The summed E-state index contributed by atoms with van der Waals surface area (Å²) in [6.07, 6.45) is 3.51. The summed E-state index contributed by atoms with van der Waals surface area (Å²) in [4.78, 5) is 17.6. The largest absolute Gasteiger partial charge is 0.340 e. The van der Waals surface area contributed by atoms with E-state index in [4.69, 9.17) is 0 Å². The van der Waals surface area contributed by atoms with Crippen molar-refractivity contribution < 1.29 is 4.79 Å².